The molecule has 1 aromatic heterocycles. The van der Waals surface area contributed by atoms with Crippen LogP contribution in [-0.2, 0) is 22.6 Å². The van der Waals surface area contributed by atoms with Gasteiger partial charge in [-0.25, -0.2) is 0 Å². The number of nitrogens with two attached hydrogens (primary N) is 1. The fraction of sp³-hybridized carbons (Fsp3) is 0.158. The number of carbonyl (C=O) groups is 1. The topological polar surface area (TPSA) is 103 Å². The van der Waals surface area contributed by atoms with Crippen molar-refractivity contribution in [3.05, 3.63) is 72.1 Å². The third-order valence-corrected chi connectivity index (χ3v) is 3.55. The van der Waals surface area contributed by atoms with Crippen molar-refractivity contribution in [2.24, 2.45) is 0 Å². The molecule has 0 amide bonds. The highest BCUT2D eigenvalue weighted by Crippen LogP contribution is 2.13. The van der Waals surface area contributed by atoms with E-state index in [0.717, 1.165) is 11.3 Å². The Kier molecular flexibility index (Phi) is 5.72. The molecule has 132 valence electrons. The molecule has 0 atom stereocenters. The minimum atomic E-state index is -0.314. The lowest BCUT2D eigenvalue weighted by Crippen LogP contribution is -2.11. The maximum Gasteiger partial charge on any atom is 0.306 e. The molecule has 3 aromatic rings. The quantitative estimate of drug-likeness (QED) is 0.632. The molecule has 0 radical (unpaired) electrons. The second-order valence-electron chi connectivity index (χ2n) is 5.57. The number of para-hydroxylation sites is 1. The maximum atomic E-state index is 11.9. The number of carbonyl (C=O) groups excluding carboxylic acids is 1. The van der Waals surface area contributed by atoms with E-state index in [9.17, 15) is 4.79 Å². The van der Waals surface area contributed by atoms with Crippen molar-refractivity contribution in [1.82, 2.24) is 15.0 Å². The number of anilines is 3. The molecule has 3 N–H and O–H groups in total. The van der Waals surface area contributed by atoms with E-state index in [4.69, 9.17) is 10.5 Å². The van der Waals surface area contributed by atoms with E-state index < -0.39 is 0 Å². The third kappa shape index (κ3) is 5.27. The fourth-order valence-electron chi connectivity index (χ4n) is 2.32. The van der Waals surface area contributed by atoms with Crippen LogP contribution in [0.15, 0.2) is 60.7 Å². The monoisotopic (exact) mass is 349 g/mol. The lowest BCUT2D eigenvalue weighted by molar-refractivity contribution is -0.145. The number of aryl methyl sites for hydroxylation is 1. The Morgan fingerprint density at radius 2 is 1.65 bits per heavy atom. The van der Waals surface area contributed by atoms with Gasteiger partial charge in [-0.15, -0.1) is 0 Å². The molecule has 0 unspecified atom stereocenters. The molecule has 3 rings (SSSR count). The van der Waals surface area contributed by atoms with E-state index in [1.807, 2.05) is 60.7 Å². The standard InChI is InChI=1S/C19H19N5O2/c20-18-22-16(23-19(24-18)21-15-9-5-2-6-10-15)13-26-17(25)12-11-14-7-3-1-4-8-14/h1-10H,11-13H2,(H3,20,21,22,23,24). The van der Waals surface area contributed by atoms with Gasteiger partial charge in [-0.1, -0.05) is 48.5 Å². The molecule has 0 fully saturated rings. The largest absolute Gasteiger partial charge is 0.457 e. The van der Waals surface area contributed by atoms with Crippen molar-refractivity contribution in [2.45, 2.75) is 19.4 Å². The first kappa shape index (κ1) is 17.3. The molecule has 0 aliphatic carbocycles. The number of aromatic nitrogens is 3. The number of nitrogens with one attached hydrogen (secondary N) is 1. The first-order chi connectivity index (χ1) is 12.7. The van der Waals surface area contributed by atoms with Crippen LogP contribution in [0.1, 0.15) is 17.8 Å². The summed E-state index contributed by atoms with van der Waals surface area (Å²) in [4.78, 5) is 24.2. The zero-order valence-corrected chi connectivity index (χ0v) is 14.1. The molecule has 1 heterocycles. The van der Waals surface area contributed by atoms with Crippen LogP contribution in [0.5, 0.6) is 0 Å². The highest BCUT2D eigenvalue weighted by molar-refractivity contribution is 5.69. The van der Waals surface area contributed by atoms with E-state index in [1.165, 1.54) is 0 Å². The Labute approximate surface area is 151 Å². The minimum Gasteiger partial charge on any atom is -0.457 e. The van der Waals surface area contributed by atoms with E-state index >= 15 is 0 Å². The fourth-order valence-corrected chi connectivity index (χ4v) is 2.32. The molecular weight excluding hydrogens is 330 g/mol. The lowest BCUT2D eigenvalue weighted by atomic mass is 10.1. The van der Waals surface area contributed by atoms with Crippen molar-refractivity contribution in [2.75, 3.05) is 11.1 Å². The normalized spacial score (nSPS) is 10.3. The Morgan fingerprint density at radius 3 is 2.38 bits per heavy atom. The summed E-state index contributed by atoms with van der Waals surface area (Å²) in [5, 5.41) is 3.04. The third-order valence-electron chi connectivity index (χ3n) is 3.55. The van der Waals surface area contributed by atoms with Gasteiger partial charge in [-0.3, -0.25) is 4.79 Å². The molecule has 2 aromatic carbocycles. The average Bonchev–Trinajstić information content (AvgIpc) is 2.66. The summed E-state index contributed by atoms with van der Waals surface area (Å²) in [6.07, 6.45) is 0.916. The number of hydrogen-bond donors (Lipinski definition) is 2. The van der Waals surface area contributed by atoms with Crippen LogP contribution in [0.25, 0.3) is 0 Å². The van der Waals surface area contributed by atoms with Gasteiger partial charge in [0.25, 0.3) is 0 Å². The van der Waals surface area contributed by atoms with Crippen molar-refractivity contribution in [3.63, 3.8) is 0 Å². The first-order valence-corrected chi connectivity index (χ1v) is 8.21. The number of rotatable bonds is 7. The van der Waals surface area contributed by atoms with Crippen LogP contribution < -0.4 is 11.1 Å². The number of hydrogen-bond acceptors (Lipinski definition) is 7. The summed E-state index contributed by atoms with van der Waals surface area (Å²) < 4.78 is 5.23. The number of benzene rings is 2. The average molecular weight is 349 g/mol. The molecule has 26 heavy (non-hydrogen) atoms. The van der Waals surface area contributed by atoms with Crippen LogP contribution in [-0.4, -0.2) is 20.9 Å². The minimum absolute atomic E-state index is 0.0518. The van der Waals surface area contributed by atoms with E-state index in [2.05, 4.69) is 20.3 Å². The Hall–Kier alpha value is -3.48. The van der Waals surface area contributed by atoms with Gasteiger partial charge in [0.15, 0.2) is 12.4 Å². The van der Waals surface area contributed by atoms with Crippen LogP contribution >= 0.6 is 0 Å². The second kappa shape index (κ2) is 8.57. The zero-order chi connectivity index (χ0) is 18.2. The van der Waals surface area contributed by atoms with Crippen LogP contribution in [0.3, 0.4) is 0 Å². The summed E-state index contributed by atoms with van der Waals surface area (Å²) in [5.74, 6) is 0.349. The molecule has 7 nitrogen and oxygen atoms in total. The maximum absolute atomic E-state index is 11.9. The van der Waals surface area contributed by atoms with Crippen LogP contribution in [0.2, 0.25) is 0 Å². The van der Waals surface area contributed by atoms with Gasteiger partial charge in [-0.05, 0) is 24.1 Å². The molecule has 7 heteroatoms. The van der Waals surface area contributed by atoms with Gasteiger partial charge < -0.3 is 15.8 Å². The van der Waals surface area contributed by atoms with E-state index in [-0.39, 0.29) is 18.5 Å². The highest BCUT2D eigenvalue weighted by atomic mass is 16.5. The molecular formula is C19H19N5O2. The van der Waals surface area contributed by atoms with Gasteiger partial charge >= 0.3 is 5.97 Å². The Balaban J connectivity index is 1.55. The summed E-state index contributed by atoms with van der Waals surface area (Å²) in [6, 6.07) is 19.2. The number of ether oxygens (including phenoxy) is 1. The Morgan fingerprint density at radius 1 is 0.962 bits per heavy atom. The highest BCUT2D eigenvalue weighted by Gasteiger charge is 2.09. The number of nitrogens with zero attached hydrogens (tertiary/aromatic N) is 3. The number of nitrogen functional groups attached to an aromatic ring is 1. The predicted octanol–water partition coefficient (Wildman–Crippen LogP) is 2.87. The molecule has 0 aliphatic heterocycles. The van der Waals surface area contributed by atoms with Crippen molar-refractivity contribution >= 4 is 23.6 Å². The van der Waals surface area contributed by atoms with Crippen molar-refractivity contribution in [3.8, 4) is 0 Å². The smallest absolute Gasteiger partial charge is 0.306 e. The van der Waals surface area contributed by atoms with Gasteiger partial charge in [0.05, 0.1) is 0 Å². The predicted molar refractivity (Wildman–Crippen MR) is 98.5 cm³/mol. The molecule has 0 saturated carbocycles. The summed E-state index contributed by atoms with van der Waals surface area (Å²) in [5.41, 5.74) is 7.62. The summed E-state index contributed by atoms with van der Waals surface area (Å²) >= 11 is 0. The second-order valence-corrected chi connectivity index (χ2v) is 5.57. The molecule has 0 saturated heterocycles. The summed E-state index contributed by atoms with van der Waals surface area (Å²) in [6.45, 7) is -0.0518. The molecule has 0 aliphatic rings. The zero-order valence-electron chi connectivity index (χ0n) is 14.1. The van der Waals surface area contributed by atoms with E-state index in [0.29, 0.717) is 24.6 Å². The Bertz CT molecular complexity index is 856. The van der Waals surface area contributed by atoms with Crippen LogP contribution in [0.4, 0.5) is 17.6 Å². The van der Waals surface area contributed by atoms with Gasteiger partial charge in [-0.2, -0.15) is 15.0 Å². The SMILES string of the molecule is Nc1nc(COC(=O)CCc2ccccc2)nc(Nc2ccccc2)n1. The molecule has 0 spiro atoms. The lowest BCUT2D eigenvalue weighted by Gasteiger charge is -2.08. The van der Waals surface area contributed by atoms with Gasteiger partial charge in [0.2, 0.25) is 11.9 Å². The van der Waals surface area contributed by atoms with E-state index in [1.54, 1.807) is 0 Å². The van der Waals surface area contributed by atoms with Crippen molar-refractivity contribution < 1.29 is 9.53 Å². The van der Waals surface area contributed by atoms with Gasteiger partial charge in [0.1, 0.15) is 0 Å². The number of esters is 1. The van der Waals surface area contributed by atoms with Crippen LogP contribution in [0, 0.1) is 0 Å². The summed E-state index contributed by atoms with van der Waals surface area (Å²) in [7, 11) is 0. The molecule has 0 bridgehead atoms. The van der Waals surface area contributed by atoms with Gasteiger partial charge in [0, 0.05) is 12.1 Å². The van der Waals surface area contributed by atoms with Crippen molar-refractivity contribution in [1.29, 1.82) is 0 Å². The first-order valence-electron chi connectivity index (χ1n) is 8.21.